The Labute approximate surface area is 322 Å². The Kier molecular flexibility index (Phi) is 18.5. The van der Waals surface area contributed by atoms with Gasteiger partial charge in [-0.25, -0.2) is 9.59 Å². The largest absolute Gasteiger partial charge is 0.481 e. The fourth-order valence-corrected chi connectivity index (χ4v) is 4.26. The highest BCUT2D eigenvalue weighted by molar-refractivity contribution is 5.90. The van der Waals surface area contributed by atoms with E-state index < -0.39 is 18.2 Å². The number of benzene rings is 3. The number of aliphatic carboxylic acids is 1. The zero-order chi connectivity index (χ0) is 40.5. The molecule has 0 aliphatic rings. The summed E-state index contributed by atoms with van der Waals surface area (Å²) in [5.74, 6) is -0.904. The van der Waals surface area contributed by atoms with Crippen LogP contribution in [0.1, 0.15) is 35.2 Å². The average molecular weight is 769 g/mol. The van der Waals surface area contributed by atoms with Gasteiger partial charge in [0.15, 0.2) is 5.88 Å². The maximum absolute atomic E-state index is 11.8. The highest BCUT2D eigenvalue weighted by atomic mass is 16.6. The number of rotatable bonds is 14. The normalized spacial score (nSPS) is 9.88. The van der Waals surface area contributed by atoms with Crippen LogP contribution in [0.2, 0.25) is 0 Å². The second kappa shape index (κ2) is 24.1. The van der Waals surface area contributed by atoms with E-state index in [1.165, 1.54) is 24.5 Å². The molecule has 0 unspecified atom stereocenters. The number of H-pyrrole nitrogens is 2. The van der Waals surface area contributed by atoms with Crippen LogP contribution in [0.5, 0.6) is 5.88 Å². The molecule has 0 bridgehead atoms. The second-order valence-corrected chi connectivity index (χ2v) is 11.7. The van der Waals surface area contributed by atoms with Crippen molar-refractivity contribution >= 4 is 35.4 Å². The molecule has 8 N–H and O–H groups in total. The Morgan fingerprint density at radius 1 is 0.661 bits per heavy atom. The van der Waals surface area contributed by atoms with E-state index in [0.29, 0.717) is 18.2 Å². The predicted molar refractivity (Wildman–Crippen MR) is 209 cm³/mol. The van der Waals surface area contributed by atoms with Crippen molar-refractivity contribution in [1.82, 2.24) is 20.6 Å². The lowest BCUT2D eigenvalue weighted by atomic mass is 10.2. The summed E-state index contributed by atoms with van der Waals surface area (Å²) in [6.07, 6.45) is 1.60. The fourth-order valence-electron chi connectivity index (χ4n) is 4.26. The highest BCUT2D eigenvalue weighted by Gasteiger charge is 2.08. The number of amides is 3. The van der Waals surface area contributed by atoms with Gasteiger partial charge in [0, 0.05) is 49.7 Å². The molecule has 5 rings (SSSR count). The first-order valence-corrected chi connectivity index (χ1v) is 17.2. The van der Waals surface area contributed by atoms with Crippen LogP contribution >= 0.6 is 0 Å². The highest BCUT2D eigenvalue weighted by Crippen LogP contribution is 2.08. The number of carboxylic acids is 1. The molecule has 3 amide bonds. The van der Waals surface area contributed by atoms with E-state index >= 15 is 0 Å². The fraction of sp³-hybridized carbons (Fsp3) is 0.200. The lowest BCUT2D eigenvalue weighted by Gasteiger charge is -2.07. The minimum absolute atomic E-state index is 0.0355. The Bertz CT molecular complexity index is 2090. The number of pyridine rings is 2. The van der Waals surface area contributed by atoms with E-state index in [0.717, 1.165) is 16.7 Å². The van der Waals surface area contributed by atoms with Crippen LogP contribution in [0.25, 0.3) is 0 Å². The van der Waals surface area contributed by atoms with Crippen LogP contribution in [-0.4, -0.2) is 52.2 Å². The van der Waals surface area contributed by atoms with Crippen molar-refractivity contribution in [2.45, 2.75) is 39.6 Å². The summed E-state index contributed by atoms with van der Waals surface area (Å²) in [5.41, 5.74) is 8.77. The summed E-state index contributed by atoms with van der Waals surface area (Å²) in [6.45, 7) is 2.70. The number of hydrogen-bond donors (Lipinski definition) is 7. The molecule has 16 heteroatoms. The van der Waals surface area contributed by atoms with Gasteiger partial charge in [-0.1, -0.05) is 91.0 Å². The number of ether oxygens (including phenoxy) is 3. The van der Waals surface area contributed by atoms with Gasteiger partial charge in [0.1, 0.15) is 25.5 Å². The smallest absolute Gasteiger partial charge is 0.407 e. The third kappa shape index (κ3) is 17.9. The molecule has 0 saturated heterocycles. The van der Waals surface area contributed by atoms with Crippen LogP contribution in [-0.2, 0) is 38.9 Å². The predicted octanol–water partition coefficient (Wildman–Crippen LogP) is 4.86. The summed E-state index contributed by atoms with van der Waals surface area (Å²) in [4.78, 5) is 73.0. The van der Waals surface area contributed by atoms with Crippen molar-refractivity contribution < 1.29 is 38.5 Å². The van der Waals surface area contributed by atoms with Gasteiger partial charge in [0.25, 0.3) is 0 Å². The van der Waals surface area contributed by atoms with Gasteiger partial charge in [-0.15, -0.1) is 0 Å². The maximum Gasteiger partial charge on any atom is 0.407 e. The number of nitrogens with one attached hydrogen (secondary N) is 5. The zero-order valence-electron chi connectivity index (χ0n) is 30.6. The molecule has 0 fully saturated rings. The summed E-state index contributed by atoms with van der Waals surface area (Å²) in [7, 11) is 0. The van der Waals surface area contributed by atoms with Crippen LogP contribution in [0.3, 0.4) is 0 Å². The van der Waals surface area contributed by atoms with E-state index in [1.807, 2.05) is 91.0 Å². The molecular weight excluding hydrogens is 724 g/mol. The number of anilines is 2. The van der Waals surface area contributed by atoms with Gasteiger partial charge >= 0.3 is 18.2 Å². The monoisotopic (exact) mass is 768 g/mol. The number of nitrogen functional groups attached to an aromatic ring is 1. The molecule has 0 saturated carbocycles. The molecule has 0 spiro atoms. The van der Waals surface area contributed by atoms with Gasteiger partial charge in [0.2, 0.25) is 16.8 Å². The number of carbonyl (C=O) groups excluding carboxylic acids is 3. The Morgan fingerprint density at radius 2 is 1.16 bits per heavy atom. The molecule has 0 aliphatic heterocycles. The average Bonchev–Trinajstić information content (AvgIpc) is 3.19. The third-order valence-electron chi connectivity index (χ3n) is 7.14. The SMILES string of the molecule is Cc1cc(=O)c(NC(=O)CCNC(=O)OCc2ccccc2)c[nH]1.Nc1c[nH]c(OCc2ccccc2)cc1=O.O=C(O)CCNC(=O)OCc1ccccc1. The molecule has 16 nitrogen and oxygen atoms in total. The lowest BCUT2D eigenvalue weighted by molar-refractivity contribution is -0.136. The minimum Gasteiger partial charge on any atom is -0.481 e. The number of nitrogens with two attached hydrogens (primary N) is 1. The van der Waals surface area contributed by atoms with Gasteiger partial charge in [-0.05, 0) is 23.6 Å². The molecule has 2 heterocycles. The molecule has 0 atom stereocenters. The molecule has 294 valence electrons. The van der Waals surface area contributed by atoms with Crippen molar-refractivity contribution in [3.63, 3.8) is 0 Å². The molecule has 56 heavy (non-hydrogen) atoms. The van der Waals surface area contributed by atoms with E-state index in [4.69, 9.17) is 25.1 Å². The van der Waals surface area contributed by atoms with Crippen LogP contribution in [0.4, 0.5) is 21.0 Å². The Hall–Kier alpha value is -7.36. The van der Waals surface area contributed by atoms with E-state index in [1.54, 1.807) is 6.92 Å². The van der Waals surface area contributed by atoms with Gasteiger partial charge in [0.05, 0.1) is 12.1 Å². The Morgan fingerprint density at radius 3 is 1.64 bits per heavy atom. The summed E-state index contributed by atoms with van der Waals surface area (Å²) >= 11 is 0. The number of aromatic amines is 2. The first kappa shape index (κ1) is 43.0. The van der Waals surface area contributed by atoms with Gasteiger partial charge in [-0.3, -0.25) is 19.2 Å². The van der Waals surface area contributed by atoms with Crippen molar-refractivity contribution in [3.8, 4) is 5.88 Å². The lowest BCUT2D eigenvalue weighted by Crippen LogP contribution is -2.28. The van der Waals surface area contributed by atoms with E-state index in [-0.39, 0.29) is 67.3 Å². The number of aromatic nitrogens is 2. The summed E-state index contributed by atoms with van der Waals surface area (Å²) < 4.78 is 15.3. The van der Waals surface area contributed by atoms with Crippen molar-refractivity contribution in [1.29, 1.82) is 0 Å². The molecule has 3 aromatic carbocycles. The number of carboxylic acid groups (broad SMARTS) is 1. The van der Waals surface area contributed by atoms with Crippen LogP contribution < -0.4 is 37.3 Å². The third-order valence-corrected chi connectivity index (χ3v) is 7.14. The first-order valence-electron chi connectivity index (χ1n) is 17.2. The van der Waals surface area contributed by atoms with Gasteiger partial charge in [-0.2, -0.15) is 0 Å². The molecule has 0 aliphatic carbocycles. The zero-order valence-corrected chi connectivity index (χ0v) is 30.6. The van der Waals surface area contributed by atoms with E-state index in [2.05, 4.69) is 25.9 Å². The van der Waals surface area contributed by atoms with Gasteiger partial charge < -0.3 is 51.0 Å². The van der Waals surface area contributed by atoms with Crippen molar-refractivity contribution in [2.75, 3.05) is 24.1 Å². The molecule has 2 aromatic heterocycles. The number of alkyl carbamates (subject to hydrolysis) is 2. The van der Waals surface area contributed by atoms with Crippen LogP contribution in [0.15, 0.2) is 125 Å². The number of hydrogen-bond acceptors (Lipinski definition) is 10. The molecule has 5 aromatic rings. The topological polar surface area (TPSA) is 244 Å². The molecular formula is C40H44N6O10. The van der Waals surface area contributed by atoms with Crippen molar-refractivity contribution in [3.05, 3.63) is 158 Å². The minimum atomic E-state index is -0.955. The molecule has 0 radical (unpaired) electrons. The quantitative estimate of drug-likeness (QED) is 0.0804. The summed E-state index contributed by atoms with van der Waals surface area (Å²) in [6, 6.07) is 31.0. The van der Waals surface area contributed by atoms with Crippen LogP contribution in [0, 0.1) is 6.92 Å². The number of carbonyl (C=O) groups is 4. The second-order valence-electron chi connectivity index (χ2n) is 11.7. The standard InChI is InChI=1S/C17H19N3O4.C12H12N2O2.C11H13NO4/c1-12-9-15(21)14(10-19-12)20-16(22)7-8-18-17(23)24-11-13-5-3-2-4-6-13;13-10-7-14-12(6-11(10)15)16-8-9-4-2-1-3-5-9;13-10(14)6-7-12-11(15)16-8-9-4-2-1-3-5-9/h2-6,9-10H,7-8,11H2,1H3,(H,18,23)(H,19,21)(H,20,22);1-7H,8,13H2,(H,14,15);1-5H,6-8H2,(H,12,15)(H,13,14). The number of aryl methyl sites for hydroxylation is 1. The van der Waals surface area contributed by atoms with E-state index in [9.17, 15) is 28.8 Å². The first-order chi connectivity index (χ1) is 27.0. The summed E-state index contributed by atoms with van der Waals surface area (Å²) in [5, 5.41) is 15.7. The van der Waals surface area contributed by atoms with Crippen molar-refractivity contribution in [2.24, 2.45) is 0 Å². The maximum atomic E-state index is 11.8. The Balaban J connectivity index is 0.000000233.